The van der Waals surface area contributed by atoms with E-state index in [0.717, 1.165) is 27.2 Å². The number of aromatic amines is 1. The highest BCUT2D eigenvalue weighted by molar-refractivity contribution is 7.99. The number of carbonyl (C=O) groups is 1. The number of ether oxygens (including phenoxy) is 1. The molecule has 5 nitrogen and oxygen atoms in total. The number of hydrogen-bond donors (Lipinski definition) is 3. The summed E-state index contributed by atoms with van der Waals surface area (Å²) in [5.41, 5.74) is 7.29. The third kappa shape index (κ3) is 4.35. The Bertz CT molecular complexity index is 875. The van der Waals surface area contributed by atoms with Gasteiger partial charge in [-0.1, -0.05) is 49.9 Å². The van der Waals surface area contributed by atoms with Crippen LogP contribution in [0.1, 0.15) is 19.4 Å². The van der Waals surface area contributed by atoms with Crippen LogP contribution in [0.5, 0.6) is 5.88 Å². The number of fused-ring (bicyclic) bond motifs is 1. The van der Waals surface area contributed by atoms with Gasteiger partial charge < -0.3 is 20.8 Å². The predicted molar refractivity (Wildman–Crippen MR) is 101 cm³/mol. The molecule has 0 aliphatic carbocycles. The quantitative estimate of drug-likeness (QED) is 0.617. The van der Waals surface area contributed by atoms with Gasteiger partial charge in [0.1, 0.15) is 0 Å². The van der Waals surface area contributed by atoms with Crippen LogP contribution >= 0.6 is 11.8 Å². The first-order valence-corrected chi connectivity index (χ1v) is 8.92. The van der Waals surface area contributed by atoms with Crippen LogP contribution in [0, 0.1) is 0 Å². The first-order valence-electron chi connectivity index (χ1n) is 8.11. The molecule has 0 bridgehead atoms. The molecule has 0 atom stereocenters. The molecule has 2 aromatic carbocycles. The average molecular weight is 355 g/mol. The lowest BCUT2D eigenvalue weighted by atomic mass is 10.1. The van der Waals surface area contributed by atoms with E-state index in [-0.39, 0.29) is 0 Å². The van der Waals surface area contributed by atoms with E-state index in [4.69, 9.17) is 10.5 Å². The molecule has 130 valence electrons. The van der Waals surface area contributed by atoms with Crippen molar-refractivity contribution in [3.8, 4) is 5.88 Å². The van der Waals surface area contributed by atoms with Crippen molar-refractivity contribution in [2.75, 3.05) is 0 Å². The van der Waals surface area contributed by atoms with E-state index in [0.29, 0.717) is 11.9 Å². The highest BCUT2D eigenvalue weighted by Crippen LogP contribution is 2.41. The summed E-state index contributed by atoms with van der Waals surface area (Å²) < 4.78 is 5.19. The predicted octanol–water partition coefficient (Wildman–Crippen LogP) is 4.27. The van der Waals surface area contributed by atoms with Crippen molar-refractivity contribution in [2.45, 2.75) is 36.2 Å². The summed E-state index contributed by atoms with van der Waals surface area (Å²) in [7, 11) is 0. The molecule has 0 aliphatic heterocycles. The molecule has 4 N–H and O–H groups in total. The zero-order valence-corrected chi connectivity index (χ0v) is 15.0. The summed E-state index contributed by atoms with van der Waals surface area (Å²) in [6.45, 7) is 5.01. The number of nitrogens with two attached hydrogens (primary N) is 1. The third-order valence-corrected chi connectivity index (χ3v) is 4.78. The molecule has 3 rings (SSSR count). The maximum atomic E-state index is 11.3. The van der Waals surface area contributed by atoms with Crippen LogP contribution in [0.25, 0.3) is 10.9 Å². The number of hydrogen-bond acceptors (Lipinski definition) is 4. The third-order valence-electron chi connectivity index (χ3n) is 3.66. The van der Waals surface area contributed by atoms with Crippen LogP contribution < -0.4 is 15.8 Å². The van der Waals surface area contributed by atoms with Gasteiger partial charge in [-0.15, -0.1) is 0 Å². The van der Waals surface area contributed by atoms with Crippen molar-refractivity contribution in [2.24, 2.45) is 5.73 Å². The van der Waals surface area contributed by atoms with Crippen LogP contribution in [0.15, 0.2) is 58.3 Å². The van der Waals surface area contributed by atoms with Crippen LogP contribution in [0.2, 0.25) is 0 Å². The van der Waals surface area contributed by atoms with Gasteiger partial charge in [-0.25, -0.2) is 4.79 Å². The maximum absolute atomic E-state index is 11.3. The second-order valence-electron chi connectivity index (χ2n) is 6.03. The second-order valence-corrected chi connectivity index (χ2v) is 7.12. The highest BCUT2D eigenvalue weighted by atomic mass is 32.2. The number of carbonyl (C=O) groups excluding carboxylic acids is 1. The molecule has 1 heterocycles. The fraction of sp³-hybridized carbons (Fsp3) is 0.211. The Morgan fingerprint density at radius 1 is 1.24 bits per heavy atom. The Balaban J connectivity index is 2.01. The molecule has 0 saturated heterocycles. The molecule has 6 heteroatoms. The Kier molecular flexibility index (Phi) is 5.31. The number of aromatic nitrogens is 1. The molecule has 0 unspecified atom stereocenters. The van der Waals surface area contributed by atoms with Crippen LogP contribution in [-0.2, 0) is 6.54 Å². The Morgan fingerprint density at radius 2 is 2.00 bits per heavy atom. The van der Waals surface area contributed by atoms with E-state index in [1.807, 2.05) is 36.4 Å². The van der Waals surface area contributed by atoms with Crippen LogP contribution in [-0.4, -0.2) is 17.1 Å². The number of amides is 1. The summed E-state index contributed by atoms with van der Waals surface area (Å²) in [5.74, 6) is 0.380. The maximum Gasteiger partial charge on any atom is 0.411 e. The van der Waals surface area contributed by atoms with Crippen molar-refractivity contribution < 1.29 is 9.53 Å². The van der Waals surface area contributed by atoms with E-state index in [2.05, 4.69) is 36.3 Å². The van der Waals surface area contributed by atoms with Gasteiger partial charge in [0.25, 0.3) is 0 Å². The molecule has 0 aliphatic rings. The van der Waals surface area contributed by atoms with Crippen molar-refractivity contribution in [3.63, 3.8) is 0 Å². The van der Waals surface area contributed by atoms with E-state index in [1.54, 1.807) is 11.8 Å². The minimum absolute atomic E-state index is 0.380. The summed E-state index contributed by atoms with van der Waals surface area (Å²) >= 11 is 1.54. The SMILES string of the molecule is CC(C)NCc1ccc2[nH]c(OC(N)=O)c(Sc3ccccc3)c2c1. The summed E-state index contributed by atoms with van der Waals surface area (Å²) in [6.07, 6.45) is -0.830. The van der Waals surface area contributed by atoms with Gasteiger partial charge in [0, 0.05) is 28.4 Å². The molecule has 25 heavy (non-hydrogen) atoms. The standard InChI is InChI=1S/C19H21N3O2S/c1-12(2)21-11-13-8-9-16-15(10-13)17(18(22-16)24-19(20)23)25-14-6-4-3-5-7-14/h3-10,12,21-22H,11H2,1-2H3,(H2,20,23). The molecular formula is C19H21N3O2S. The molecular weight excluding hydrogens is 334 g/mol. The van der Waals surface area contributed by atoms with Gasteiger partial charge in [-0.2, -0.15) is 0 Å². The molecule has 0 radical (unpaired) electrons. The normalized spacial score (nSPS) is 11.2. The number of rotatable bonds is 6. The number of H-pyrrole nitrogens is 1. The topological polar surface area (TPSA) is 80.1 Å². The lowest BCUT2D eigenvalue weighted by Gasteiger charge is -2.08. The van der Waals surface area contributed by atoms with Gasteiger partial charge in [-0.05, 0) is 29.8 Å². The van der Waals surface area contributed by atoms with E-state index in [9.17, 15) is 4.79 Å². The summed E-state index contributed by atoms with van der Waals surface area (Å²) in [6, 6.07) is 16.5. The minimum atomic E-state index is -0.830. The molecule has 1 amide bonds. The van der Waals surface area contributed by atoms with Crippen LogP contribution in [0.3, 0.4) is 0 Å². The first-order chi connectivity index (χ1) is 12.0. The molecule has 3 aromatic rings. The molecule has 0 saturated carbocycles. The molecule has 1 aromatic heterocycles. The van der Waals surface area contributed by atoms with Crippen molar-refractivity contribution >= 4 is 28.8 Å². The Labute approximate surface area is 150 Å². The van der Waals surface area contributed by atoms with Gasteiger partial charge in [0.15, 0.2) is 0 Å². The van der Waals surface area contributed by atoms with Gasteiger partial charge in [-0.3, -0.25) is 0 Å². The molecule has 0 fully saturated rings. The van der Waals surface area contributed by atoms with Crippen molar-refractivity contribution in [3.05, 3.63) is 54.1 Å². The Hall–Kier alpha value is -2.44. The number of benzene rings is 2. The lowest BCUT2D eigenvalue weighted by Crippen LogP contribution is -2.21. The fourth-order valence-corrected chi connectivity index (χ4v) is 3.49. The van der Waals surface area contributed by atoms with E-state index < -0.39 is 6.09 Å². The largest absolute Gasteiger partial charge is 0.411 e. The smallest absolute Gasteiger partial charge is 0.392 e. The first kappa shape index (κ1) is 17.4. The van der Waals surface area contributed by atoms with Crippen molar-refractivity contribution in [1.29, 1.82) is 0 Å². The lowest BCUT2D eigenvalue weighted by molar-refractivity contribution is 0.208. The van der Waals surface area contributed by atoms with E-state index in [1.165, 1.54) is 5.56 Å². The highest BCUT2D eigenvalue weighted by Gasteiger charge is 2.16. The monoisotopic (exact) mass is 355 g/mol. The van der Waals surface area contributed by atoms with Gasteiger partial charge in [0.05, 0.1) is 4.90 Å². The minimum Gasteiger partial charge on any atom is -0.392 e. The van der Waals surface area contributed by atoms with Gasteiger partial charge >= 0.3 is 6.09 Å². The van der Waals surface area contributed by atoms with Gasteiger partial charge in [0.2, 0.25) is 5.88 Å². The Morgan fingerprint density at radius 3 is 2.68 bits per heavy atom. The zero-order chi connectivity index (χ0) is 17.8. The van der Waals surface area contributed by atoms with Crippen LogP contribution in [0.4, 0.5) is 4.79 Å². The summed E-state index contributed by atoms with van der Waals surface area (Å²) in [4.78, 5) is 16.3. The number of nitrogens with one attached hydrogen (secondary N) is 2. The van der Waals surface area contributed by atoms with Crippen molar-refractivity contribution in [1.82, 2.24) is 10.3 Å². The zero-order valence-electron chi connectivity index (χ0n) is 14.2. The summed E-state index contributed by atoms with van der Waals surface area (Å²) in [5, 5.41) is 4.42. The average Bonchev–Trinajstić information content (AvgIpc) is 2.90. The fourth-order valence-electron chi connectivity index (χ4n) is 2.50. The number of primary amides is 1. The molecule has 0 spiro atoms. The second kappa shape index (κ2) is 7.63. The van der Waals surface area contributed by atoms with E-state index >= 15 is 0 Å².